The first-order valence-electron chi connectivity index (χ1n) is 7.24. The van der Waals surface area contributed by atoms with E-state index in [2.05, 4.69) is 22.0 Å². The zero-order chi connectivity index (χ0) is 13.9. The molecule has 0 radical (unpaired) electrons. The van der Waals surface area contributed by atoms with E-state index in [4.69, 9.17) is 0 Å². The topological polar surface area (TPSA) is 54.1 Å². The molecule has 1 heterocycles. The minimum absolute atomic E-state index is 0.317. The lowest BCUT2D eigenvalue weighted by molar-refractivity contribution is 0.0594. The number of hydrogen-bond donors (Lipinski definition) is 2. The second-order valence-corrected chi connectivity index (χ2v) is 4.83. The van der Waals surface area contributed by atoms with Gasteiger partial charge in [0.1, 0.15) is 5.69 Å². The van der Waals surface area contributed by atoms with Crippen molar-refractivity contribution in [2.24, 2.45) is 0 Å². The number of aromatic nitrogens is 1. The lowest BCUT2D eigenvalue weighted by Gasteiger charge is -2.03. The Morgan fingerprint density at radius 2 is 1.95 bits per heavy atom. The van der Waals surface area contributed by atoms with Crippen molar-refractivity contribution in [1.82, 2.24) is 10.3 Å². The summed E-state index contributed by atoms with van der Waals surface area (Å²) in [6, 6.07) is 3.67. The second-order valence-electron chi connectivity index (χ2n) is 4.83. The van der Waals surface area contributed by atoms with E-state index in [1.165, 1.54) is 45.6 Å². The molecule has 4 nitrogen and oxygen atoms in total. The summed E-state index contributed by atoms with van der Waals surface area (Å²) in [7, 11) is 1.39. The summed E-state index contributed by atoms with van der Waals surface area (Å²) in [6.07, 6.45) is 7.86. The monoisotopic (exact) mass is 266 g/mol. The van der Waals surface area contributed by atoms with Crippen molar-refractivity contribution in [3.8, 4) is 0 Å². The molecule has 0 aromatic carbocycles. The van der Waals surface area contributed by atoms with Crippen LogP contribution in [0.15, 0.2) is 12.1 Å². The maximum absolute atomic E-state index is 11.3. The van der Waals surface area contributed by atoms with Crippen LogP contribution in [0, 0.1) is 0 Å². The molecule has 0 saturated carbocycles. The number of unbranched alkanes of at least 4 members (excludes halogenated alkanes) is 5. The molecule has 1 aromatic rings. The van der Waals surface area contributed by atoms with Crippen LogP contribution in [0.1, 0.15) is 61.6 Å². The number of ether oxygens (including phenoxy) is 1. The van der Waals surface area contributed by atoms with Crippen LogP contribution < -0.4 is 5.32 Å². The van der Waals surface area contributed by atoms with Crippen molar-refractivity contribution in [2.75, 3.05) is 13.7 Å². The Balaban J connectivity index is 2.06. The molecule has 0 fully saturated rings. The van der Waals surface area contributed by atoms with Crippen molar-refractivity contribution in [3.05, 3.63) is 23.5 Å². The molecule has 0 aliphatic heterocycles. The predicted molar refractivity (Wildman–Crippen MR) is 77.2 cm³/mol. The number of esters is 1. The normalized spacial score (nSPS) is 10.6. The molecule has 0 saturated heterocycles. The van der Waals surface area contributed by atoms with Gasteiger partial charge in [-0.1, -0.05) is 39.0 Å². The third-order valence-electron chi connectivity index (χ3n) is 3.17. The summed E-state index contributed by atoms with van der Waals surface area (Å²) >= 11 is 0. The molecule has 0 aliphatic carbocycles. The number of methoxy groups -OCH3 is 1. The fourth-order valence-electron chi connectivity index (χ4n) is 2.03. The summed E-state index contributed by atoms with van der Waals surface area (Å²) in [4.78, 5) is 14.3. The van der Waals surface area contributed by atoms with Crippen molar-refractivity contribution in [2.45, 2.75) is 52.0 Å². The third kappa shape index (κ3) is 6.43. The molecular weight excluding hydrogens is 240 g/mol. The second kappa shape index (κ2) is 9.62. The Morgan fingerprint density at radius 3 is 2.68 bits per heavy atom. The van der Waals surface area contributed by atoms with Crippen LogP contribution in [0.4, 0.5) is 0 Å². The molecule has 19 heavy (non-hydrogen) atoms. The Morgan fingerprint density at radius 1 is 1.21 bits per heavy atom. The highest BCUT2D eigenvalue weighted by molar-refractivity contribution is 5.87. The third-order valence-corrected chi connectivity index (χ3v) is 3.17. The minimum Gasteiger partial charge on any atom is -0.464 e. The molecule has 1 aromatic heterocycles. The summed E-state index contributed by atoms with van der Waals surface area (Å²) in [5.74, 6) is -0.317. The largest absolute Gasteiger partial charge is 0.464 e. The van der Waals surface area contributed by atoms with E-state index < -0.39 is 0 Å². The van der Waals surface area contributed by atoms with Crippen molar-refractivity contribution in [3.63, 3.8) is 0 Å². The first kappa shape index (κ1) is 15.8. The zero-order valence-corrected chi connectivity index (χ0v) is 12.1. The van der Waals surface area contributed by atoms with E-state index in [1.807, 2.05) is 6.07 Å². The van der Waals surface area contributed by atoms with Gasteiger partial charge in [0, 0.05) is 12.2 Å². The van der Waals surface area contributed by atoms with Crippen LogP contribution in [-0.4, -0.2) is 24.6 Å². The van der Waals surface area contributed by atoms with Gasteiger partial charge in [0.15, 0.2) is 0 Å². The lowest BCUT2D eigenvalue weighted by Crippen LogP contribution is -2.15. The first-order chi connectivity index (χ1) is 9.27. The number of hydrogen-bond acceptors (Lipinski definition) is 3. The van der Waals surface area contributed by atoms with Gasteiger partial charge in [-0.15, -0.1) is 0 Å². The van der Waals surface area contributed by atoms with E-state index in [-0.39, 0.29) is 5.97 Å². The molecule has 0 spiro atoms. The molecule has 0 atom stereocenters. The SMILES string of the molecule is CCCCCCCCNCc1ccc(C(=O)OC)[nH]1. The predicted octanol–water partition coefficient (Wildman–Crippen LogP) is 3.25. The van der Waals surface area contributed by atoms with E-state index in [0.717, 1.165) is 18.8 Å². The molecular formula is C15H26N2O2. The fourth-order valence-corrected chi connectivity index (χ4v) is 2.03. The quantitative estimate of drug-likeness (QED) is 0.505. The summed E-state index contributed by atoms with van der Waals surface area (Å²) in [6.45, 7) is 4.03. The lowest BCUT2D eigenvalue weighted by atomic mass is 10.1. The standard InChI is InChI=1S/C15H26N2O2/c1-3-4-5-6-7-8-11-16-12-13-9-10-14(17-13)15(18)19-2/h9-10,16-17H,3-8,11-12H2,1-2H3. The number of carbonyl (C=O) groups is 1. The van der Waals surface area contributed by atoms with E-state index in [0.29, 0.717) is 5.69 Å². The molecule has 108 valence electrons. The van der Waals surface area contributed by atoms with Gasteiger partial charge >= 0.3 is 5.97 Å². The zero-order valence-electron chi connectivity index (χ0n) is 12.1. The van der Waals surface area contributed by atoms with Crippen LogP contribution in [0.25, 0.3) is 0 Å². The number of nitrogens with one attached hydrogen (secondary N) is 2. The van der Waals surface area contributed by atoms with Gasteiger partial charge in [-0.3, -0.25) is 0 Å². The molecule has 0 aliphatic rings. The fraction of sp³-hybridized carbons (Fsp3) is 0.667. The number of rotatable bonds is 10. The smallest absolute Gasteiger partial charge is 0.354 e. The molecule has 1 rings (SSSR count). The summed E-state index contributed by atoms with van der Waals surface area (Å²) in [5, 5.41) is 3.38. The van der Waals surface area contributed by atoms with Gasteiger partial charge in [0.2, 0.25) is 0 Å². The molecule has 0 amide bonds. The number of carbonyl (C=O) groups excluding carboxylic acids is 1. The highest BCUT2D eigenvalue weighted by Gasteiger charge is 2.07. The van der Waals surface area contributed by atoms with Crippen molar-refractivity contribution >= 4 is 5.97 Å². The van der Waals surface area contributed by atoms with E-state index in [9.17, 15) is 4.79 Å². The van der Waals surface area contributed by atoms with Crippen LogP contribution in [0.5, 0.6) is 0 Å². The van der Waals surface area contributed by atoms with Crippen LogP contribution in [0.3, 0.4) is 0 Å². The number of H-pyrrole nitrogens is 1. The average Bonchev–Trinajstić information content (AvgIpc) is 2.89. The van der Waals surface area contributed by atoms with Crippen LogP contribution in [0.2, 0.25) is 0 Å². The van der Waals surface area contributed by atoms with Gasteiger partial charge in [-0.25, -0.2) is 4.79 Å². The first-order valence-corrected chi connectivity index (χ1v) is 7.24. The maximum Gasteiger partial charge on any atom is 0.354 e. The minimum atomic E-state index is -0.317. The van der Waals surface area contributed by atoms with E-state index >= 15 is 0 Å². The average molecular weight is 266 g/mol. The Bertz CT molecular complexity index is 361. The molecule has 0 unspecified atom stereocenters. The van der Waals surface area contributed by atoms with Gasteiger partial charge in [0.25, 0.3) is 0 Å². The van der Waals surface area contributed by atoms with Gasteiger partial charge in [-0.05, 0) is 25.1 Å². The summed E-state index contributed by atoms with van der Waals surface area (Å²) in [5.41, 5.74) is 1.53. The number of aromatic amines is 1. The maximum atomic E-state index is 11.3. The van der Waals surface area contributed by atoms with Gasteiger partial charge in [-0.2, -0.15) is 0 Å². The highest BCUT2D eigenvalue weighted by atomic mass is 16.5. The molecule has 4 heteroatoms. The Labute approximate surface area is 115 Å². The molecule has 0 bridgehead atoms. The molecule has 2 N–H and O–H groups in total. The van der Waals surface area contributed by atoms with Crippen LogP contribution >= 0.6 is 0 Å². The Kier molecular flexibility index (Phi) is 7.98. The van der Waals surface area contributed by atoms with Gasteiger partial charge < -0.3 is 15.0 Å². The van der Waals surface area contributed by atoms with Gasteiger partial charge in [0.05, 0.1) is 7.11 Å². The van der Waals surface area contributed by atoms with Crippen molar-refractivity contribution < 1.29 is 9.53 Å². The summed E-state index contributed by atoms with van der Waals surface area (Å²) < 4.78 is 4.65. The van der Waals surface area contributed by atoms with Crippen LogP contribution in [-0.2, 0) is 11.3 Å². The Hall–Kier alpha value is -1.29. The van der Waals surface area contributed by atoms with E-state index in [1.54, 1.807) is 6.07 Å². The highest BCUT2D eigenvalue weighted by Crippen LogP contribution is 2.05. The van der Waals surface area contributed by atoms with Crippen molar-refractivity contribution in [1.29, 1.82) is 0 Å².